The van der Waals surface area contributed by atoms with E-state index in [0.29, 0.717) is 5.95 Å². The van der Waals surface area contributed by atoms with Crippen LogP contribution in [0.4, 0.5) is 0 Å². The maximum atomic E-state index is 6.05. The van der Waals surface area contributed by atoms with E-state index in [1.54, 1.807) is 7.11 Å². The van der Waals surface area contributed by atoms with Crippen molar-refractivity contribution in [2.75, 3.05) is 7.11 Å². The third-order valence-electron chi connectivity index (χ3n) is 1.76. The van der Waals surface area contributed by atoms with Crippen LogP contribution in [-0.2, 0) is 18.0 Å². The zero-order valence-electron chi connectivity index (χ0n) is 13.7. The molecule has 0 N–H and O–H groups in total. The molecule has 0 heterocycles. The first-order valence-electron chi connectivity index (χ1n) is 6.44. The van der Waals surface area contributed by atoms with Gasteiger partial charge in [0.25, 0.3) is 5.95 Å². The second kappa shape index (κ2) is 7.63. The molecule has 2 radical (unpaired) electrons. The molecule has 0 aliphatic heterocycles. The topological polar surface area (TPSA) is 36.9 Å². The van der Waals surface area contributed by atoms with Crippen molar-refractivity contribution in [1.29, 1.82) is 0 Å². The van der Waals surface area contributed by atoms with Gasteiger partial charge < -0.3 is 18.0 Å². The molecule has 0 aromatic heterocycles. The minimum absolute atomic E-state index is 0.0925. The number of rotatable bonds is 8. The predicted molar refractivity (Wildman–Crippen MR) is 84.9 cm³/mol. The van der Waals surface area contributed by atoms with Crippen LogP contribution < -0.4 is 0 Å². The van der Waals surface area contributed by atoms with E-state index in [4.69, 9.17) is 18.0 Å². The van der Waals surface area contributed by atoms with E-state index >= 15 is 0 Å². The molecule has 0 atom stereocenters. The van der Waals surface area contributed by atoms with Gasteiger partial charge in [0.1, 0.15) is 0 Å². The summed E-state index contributed by atoms with van der Waals surface area (Å²) in [6.45, 7) is 16.8. The van der Waals surface area contributed by atoms with Crippen molar-refractivity contribution in [1.82, 2.24) is 0 Å². The predicted octanol–water partition coefficient (Wildman–Crippen LogP) is 3.51. The minimum Gasteiger partial charge on any atom is -0.511 e. The molecule has 112 valence electrons. The number of allylic oxidation sites excluding steroid dienone is 1. The highest BCUT2D eigenvalue weighted by Gasteiger charge is 2.29. The summed E-state index contributed by atoms with van der Waals surface area (Å²) < 4.78 is 23.0. The average Bonchev–Trinajstić information content (AvgIpc) is 2.12. The molecule has 19 heavy (non-hydrogen) atoms. The molecule has 0 spiro atoms. The fourth-order valence-electron chi connectivity index (χ4n) is 1.16. The Kier molecular flexibility index (Phi) is 7.59. The van der Waals surface area contributed by atoms with Gasteiger partial charge in [-0.05, 0) is 53.1 Å². The highest BCUT2D eigenvalue weighted by molar-refractivity contribution is 6.71. The molecular weight excluding hydrogens is 292 g/mol. The summed E-state index contributed by atoms with van der Waals surface area (Å²) in [6.07, 6.45) is 0. The fourth-order valence-corrected chi connectivity index (χ4v) is 5.64. The highest BCUT2D eigenvalue weighted by atomic mass is 28.4. The number of hydrogen-bond donors (Lipinski definition) is 0. The first-order valence-corrected chi connectivity index (χ1v) is 14.2. The van der Waals surface area contributed by atoms with Crippen molar-refractivity contribution in [3.8, 4) is 0 Å². The molecule has 0 aliphatic carbocycles. The molecule has 0 bridgehead atoms. The normalized spacial score (nSPS) is 12.5. The maximum Gasteiger partial charge on any atom is 0.378 e. The van der Waals surface area contributed by atoms with Gasteiger partial charge in [-0.15, -0.1) is 0 Å². The van der Waals surface area contributed by atoms with Crippen molar-refractivity contribution in [3.63, 3.8) is 0 Å². The Balaban J connectivity index is 4.64. The van der Waals surface area contributed by atoms with Gasteiger partial charge in [-0.1, -0.05) is 0 Å². The Morgan fingerprint density at radius 3 is 1.58 bits per heavy atom. The Morgan fingerprint density at radius 1 is 0.895 bits per heavy atom. The minimum atomic E-state index is -1.66. The van der Waals surface area contributed by atoms with Gasteiger partial charge in [0.15, 0.2) is 22.5 Å². The standard InChI is InChI=1S/C12H28O4Si3/c1-10(2)11(13-3)14-17-12(15-18(4,5)6)16-19(7,8)9/h12H,1-9H3. The van der Waals surface area contributed by atoms with Crippen molar-refractivity contribution >= 4 is 26.4 Å². The quantitative estimate of drug-likeness (QED) is 0.390. The van der Waals surface area contributed by atoms with E-state index in [9.17, 15) is 0 Å². The Labute approximate surface area is 122 Å². The van der Waals surface area contributed by atoms with Gasteiger partial charge in [0, 0.05) is 5.57 Å². The van der Waals surface area contributed by atoms with Gasteiger partial charge in [-0.25, -0.2) is 0 Å². The van der Waals surface area contributed by atoms with Crippen LogP contribution in [0.15, 0.2) is 11.5 Å². The lowest BCUT2D eigenvalue weighted by Gasteiger charge is -2.30. The zero-order chi connectivity index (χ0) is 15.3. The van der Waals surface area contributed by atoms with Crippen LogP contribution in [0.2, 0.25) is 39.3 Å². The Bertz CT molecular complexity index is 285. The number of methoxy groups -OCH3 is 1. The van der Waals surface area contributed by atoms with Crippen molar-refractivity contribution in [2.45, 2.75) is 59.0 Å². The monoisotopic (exact) mass is 320 g/mol. The summed E-state index contributed by atoms with van der Waals surface area (Å²) in [6, 6.07) is 0. The number of hydrogen-bond acceptors (Lipinski definition) is 4. The van der Waals surface area contributed by atoms with Gasteiger partial charge >= 0.3 is 9.76 Å². The molecule has 0 saturated heterocycles. The average molecular weight is 321 g/mol. The molecule has 0 fully saturated rings. The Morgan fingerprint density at radius 2 is 1.32 bits per heavy atom. The van der Waals surface area contributed by atoms with Gasteiger partial charge in [-0.2, -0.15) is 0 Å². The molecule has 0 aromatic carbocycles. The molecule has 7 heteroatoms. The van der Waals surface area contributed by atoms with Gasteiger partial charge in [-0.3, -0.25) is 0 Å². The van der Waals surface area contributed by atoms with Gasteiger partial charge in [0.2, 0.25) is 0 Å². The number of ether oxygens (including phenoxy) is 1. The van der Waals surface area contributed by atoms with E-state index in [0.717, 1.165) is 5.57 Å². The Hall–Kier alpha value is -0.0894. The first kappa shape index (κ1) is 18.9. The second-order valence-electron chi connectivity index (χ2n) is 6.50. The SMILES string of the molecule is COC(O[Si]C(O[Si](C)(C)C)O[Si](C)(C)C)=C(C)C. The summed E-state index contributed by atoms with van der Waals surface area (Å²) >= 11 is 0. The van der Waals surface area contributed by atoms with E-state index in [1.165, 1.54) is 0 Å². The molecular formula is C12H28O4Si3. The first-order chi connectivity index (χ1) is 8.44. The van der Waals surface area contributed by atoms with E-state index in [-0.39, 0.29) is 15.7 Å². The van der Waals surface area contributed by atoms with Crippen LogP contribution in [0.25, 0.3) is 0 Å². The molecule has 0 saturated carbocycles. The zero-order valence-corrected chi connectivity index (χ0v) is 16.7. The van der Waals surface area contributed by atoms with Crippen LogP contribution in [0, 0.1) is 0 Å². The van der Waals surface area contributed by atoms with Crippen LogP contribution in [-0.4, -0.2) is 39.4 Å². The fraction of sp³-hybridized carbons (Fsp3) is 0.833. The highest BCUT2D eigenvalue weighted by Crippen LogP contribution is 2.15. The lowest BCUT2D eigenvalue weighted by atomic mass is 10.4. The third kappa shape index (κ3) is 10.4. The lowest BCUT2D eigenvalue weighted by molar-refractivity contribution is 0.0410. The van der Waals surface area contributed by atoms with Crippen LogP contribution >= 0.6 is 0 Å². The van der Waals surface area contributed by atoms with Crippen LogP contribution in [0.1, 0.15) is 13.8 Å². The summed E-state index contributed by atoms with van der Waals surface area (Å²) in [5.74, 6) is 0.268. The smallest absolute Gasteiger partial charge is 0.378 e. The second-order valence-corrected chi connectivity index (χ2v) is 16.3. The van der Waals surface area contributed by atoms with Crippen LogP contribution in [0.5, 0.6) is 0 Å². The summed E-state index contributed by atoms with van der Waals surface area (Å²) in [5, 5.41) is 0. The van der Waals surface area contributed by atoms with E-state index < -0.39 is 16.6 Å². The molecule has 0 aliphatic rings. The molecule has 0 amide bonds. The summed E-state index contributed by atoms with van der Waals surface area (Å²) in [5.41, 5.74) is 1.01. The third-order valence-corrected chi connectivity index (χ3v) is 4.81. The lowest BCUT2D eigenvalue weighted by Crippen LogP contribution is -2.43. The summed E-state index contributed by atoms with van der Waals surface area (Å²) in [4.78, 5) is 0. The maximum absolute atomic E-state index is 6.05. The molecule has 0 aromatic rings. The van der Waals surface area contributed by atoms with E-state index in [2.05, 4.69) is 39.3 Å². The largest absolute Gasteiger partial charge is 0.511 e. The van der Waals surface area contributed by atoms with Crippen molar-refractivity contribution < 1.29 is 18.0 Å². The van der Waals surface area contributed by atoms with Crippen molar-refractivity contribution in [3.05, 3.63) is 11.5 Å². The van der Waals surface area contributed by atoms with Crippen molar-refractivity contribution in [2.24, 2.45) is 0 Å². The van der Waals surface area contributed by atoms with E-state index in [1.807, 2.05) is 13.8 Å². The van der Waals surface area contributed by atoms with Gasteiger partial charge in [0.05, 0.1) is 7.11 Å². The molecule has 4 nitrogen and oxygen atoms in total. The van der Waals surface area contributed by atoms with Crippen LogP contribution in [0.3, 0.4) is 0 Å². The summed E-state index contributed by atoms with van der Waals surface area (Å²) in [7, 11) is -1.62. The molecule has 0 unspecified atom stereocenters. The molecule has 0 rings (SSSR count).